The average Bonchev–Trinajstić information content (AvgIpc) is 2.96. The lowest BCUT2D eigenvalue weighted by molar-refractivity contribution is 0.0579. The topological polar surface area (TPSA) is 54.9 Å². The van der Waals surface area contributed by atoms with Crippen molar-refractivity contribution in [3.05, 3.63) is 0 Å². The fraction of sp³-hybridized carbons (Fsp3) is 0.933. The van der Waals surface area contributed by atoms with Crippen molar-refractivity contribution in [1.82, 2.24) is 10.6 Å². The molecule has 0 heterocycles. The van der Waals surface area contributed by atoms with Crippen molar-refractivity contribution < 1.29 is 9.47 Å². The van der Waals surface area contributed by atoms with Crippen molar-refractivity contribution in [1.29, 1.82) is 0 Å². The summed E-state index contributed by atoms with van der Waals surface area (Å²) in [6, 6.07) is 0. The Hall–Kier alpha value is -0.810. The Morgan fingerprint density at radius 2 is 1.95 bits per heavy atom. The minimum Gasteiger partial charge on any atom is -0.380 e. The summed E-state index contributed by atoms with van der Waals surface area (Å²) >= 11 is 0. The summed E-state index contributed by atoms with van der Waals surface area (Å²) in [5.41, 5.74) is 0. The molecule has 118 valence electrons. The Labute approximate surface area is 123 Å². The highest BCUT2D eigenvalue weighted by molar-refractivity contribution is 5.79. The van der Waals surface area contributed by atoms with Crippen LogP contribution in [0.5, 0.6) is 0 Å². The first-order chi connectivity index (χ1) is 9.86. The van der Waals surface area contributed by atoms with Gasteiger partial charge in [-0.1, -0.05) is 12.8 Å². The first-order valence-electron chi connectivity index (χ1n) is 8.08. The molecule has 5 heteroatoms. The molecule has 0 atom stereocenters. The lowest BCUT2D eigenvalue weighted by Gasteiger charge is -2.12. The van der Waals surface area contributed by atoms with E-state index in [1.165, 1.54) is 25.7 Å². The fourth-order valence-electron chi connectivity index (χ4n) is 2.29. The van der Waals surface area contributed by atoms with Gasteiger partial charge in [-0.25, -0.2) is 0 Å². The molecule has 0 radical (unpaired) electrons. The SMILES string of the molecule is CCNC(=NCCCOC1CCCC1)NCCOCC. The fourth-order valence-corrected chi connectivity index (χ4v) is 2.29. The zero-order valence-electron chi connectivity index (χ0n) is 13.1. The van der Waals surface area contributed by atoms with Crippen LogP contribution in [0.3, 0.4) is 0 Å². The number of hydrogen-bond acceptors (Lipinski definition) is 3. The molecule has 0 aliphatic heterocycles. The lowest BCUT2D eigenvalue weighted by Crippen LogP contribution is -2.39. The predicted octanol–water partition coefficient (Wildman–Crippen LogP) is 1.93. The van der Waals surface area contributed by atoms with Crippen LogP contribution in [0, 0.1) is 0 Å². The smallest absolute Gasteiger partial charge is 0.191 e. The van der Waals surface area contributed by atoms with Gasteiger partial charge in [0.25, 0.3) is 0 Å². The maximum absolute atomic E-state index is 5.83. The molecule has 0 spiro atoms. The normalized spacial score (nSPS) is 16.6. The van der Waals surface area contributed by atoms with Gasteiger partial charge in [-0.05, 0) is 33.1 Å². The van der Waals surface area contributed by atoms with Crippen molar-refractivity contribution in [2.75, 3.05) is 39.5 Å². The third-order valence-electron chi connectivity index (χ3n) is 3.32. The van der Waals surface area contributed by atoms with Crippen LogP contribution in [-0.4, -0.2) is 51.5 Å². The molecule has 5 nitrogen and oxygen atoms in total. The van der Waals surface area contributed by atoms with E-state index in [-0.39, 0.29) is 0 Å². The Morgan fingerprint density at radius 3 is 2.65 bits per heavy atom. The third-order valence-corrected chi connectivity index (χ3v) is 3.32. The zero-order valence-corrected chi connectivity index (χ0v) is 13.1. The third kappa shape index (κ3) is 8.38. The van der Waals surface area contributed by atoms with E-state index in [0.717, 1.165) is 45.2 Å². The van der Waals surface area contributed by atoms with Crippen molar-refractivity contribution in [3.8, 4) is 0 Å². The van der Waals surface area contributed by atoms with E-state index in [4.69, 9.17) is 9.47 Å². The summed E-state index contributed by atoms with van der Waals surface area (Å²) in [4.78, 5) is 4.53. The lowest BCUT2D eigenvalue weighted by atomic mass is 10.3. The van der Waals surface area contributed by atoms with Gasteiger partial charge in [0.05, 0.1) is 12.7 Å². The van der Waals surface area contributed by atoms with E-state index in [1.807, 2.05) is 6.92 Å². The summed E-state index contributed by atoms with van der Waals surface area (Å²) in [6.07, 6.45) is 6.64. The van der Waals surface area contributed by atoms with Gasteiger partial charge in [-0.3, -0.25) is 4.99 Å². The first-order valence-corrected chi connectivity index (χ1v) is 8.08. The largest absolute Gasteiger partial charge is 0.380 e. The van der Waals surface area contributed by atoms with Gasteiger partial charge in [0.15, 0.2) is 5.96 Å². The Kier molecular flexibility index (Phi) is 10.3. The van der Waals surface area contributed by atoms with Gasteiger partial charge in [0.2, 0.25) is 0 Å². The molecule has 0 amide bonds. The molecule has 20 heavy (non-hydrogen) atoms. The zero-order chi connectivity index (χ0) is 14.5. The minimum atomic E-state index is 0.511. The van der Waals surface area contributed by atoms with Crippen LogP contribution < -0.4 is 10.6 Å². The summed E-state index contributed by atoms with van der Waals surface area (Å²) in [6.45, 7) is 8.84. The van der Waals surface area contributed by atoms with Crippen LogP contribution >= 0.6 is 0 Å². The van der Waals surface area contributed by atoms with E-state index >= 15 is 0 Å². The van der Waals surface area contributed by atoms with Crippen molar-refractivity contribution >= 4 is 5.96 Å². The molecule has 0 aromatic rings. The molecule has 1 rings (SSSR count). The van der Waals surface area contributed by atoms with E-state index in [9.17, 15) is 0 Å². The molecular formula is C15H31N3O2. The summed E-state index contributed by atoms with van der Waals surface area (Å²) in [5.74, 6) is 0.869. The number of rotatable bonds is 10. The number of guanidine groups is 1. The molecule has 0 unspecified atom stereocenters. The highest BCUT2D eigenvalue weighted by Crippen LogP contribution is 2.20. The van der Waals surface area contributed by atoms with Gasteiger partial charge < -0.3 is 20.1 Å². The van der Waals surface area contributed by atoms with E-state index in [2.05, 4.69) is 22.5 Å². The summed E-state index contributed by atoms with van der Waals surface area (Å²) < 4.78 is 11.1. The maximum Gasteiger partial charge on any atom is 0.191 e. The van der Waals surface area contributed by atoms with Crippen LogP contribution in [-0.2, 0) is 9.47 Å². The van der Waals surface area contributed by atoms with Gasteiger partial charge in [-0.2, -0.15) is 0 Å². The second kappa shape index (κ2) is 12.0. The monoisotopic (exact) mass is 285 g/mol. The molecule has 2 N–H and O–H groups in total. The molecular weight excluding hydrogens is 254 g/mol. The van der Waals surface area contributed by atoms with E-state index in [0.29, 0.717) is 12.7 Å². The number of nitrogens with zero attached hydrogens (tertiary/aromatic N) is 1. The Morgan fingerprint density at radius 1 is 1.15 bits per heavy atom. The second-order valence-electron chi connectivity index (χ2n) is 5.02. The molecule has 1 fully saturated rings. The van der Waals surface area contributed by atoms with Crippen LogP contribution in [0.1, 0.15) is 46.0 Å². The Bertz CT molecular complexity index is 254. The number of ether oxygens (including phenoxy) is 2. The highest BCUT2D eigenvalue weighted by atomic mass is 16.5. The number of hydrogen-bond donors (Lipinski definition) is 2. The van der Waals surface area contributed by atoms with Gasteiger partial charge in [0.1, 0.15) is 0 Å². The molecule has 1 saturated carbocycles. The number of nitrogens with one attached hydrogen (secondary N) is 2. The minimum absolute atomic E-state index is 0.511. The molecule has 0 bridgehead atoms. The van der Waals surface area contributed by atoms with Crippen molar-refractivity contribution in [2.45, 2.75) is 52.1 Å². The van der Waals surface area contributed by atoms with Gasteiger partial charge >= 0.3 is 0 Å². The van der Waals surface area contributed by atoms with Crippen LogP contribution in [0.2, 0.25) is 0 Å². The summed E-state index contributed by atoms with van der Waals surface area (Å²) in [5, 5.41) is 6.49. The van der Waals surface area contributed by atoms with Crippen LogP contribution in [0.25, 0.3) is 0 Å². The van der Waals surface area contributed by atoms with Crippen molar-refractivity contribution in [2.24, 2.45) is 4.99 Å². The van der Waals surface area contributed by atoms with Crippen molar-refractivity contribution in [3.63, 3.8) is 0 Å². The number of aliphatic imine (C=N–C) groups is 1. The molecule has 0 saturated heterocycles. The van der Waals surface area contributed by atoms with E-state index in [1.54, 1.807) is 0 Å². The predicted molar refractivity (Wildman–Crippen MR) is 83.3 cm³/mol. The molecule has 0 aromatic carbocycles. The van der Waals surface area contributed by atoms with Gasteiger partial charge in [0, 0.05) is 32.8 Å². The molecule has 1 aliphatic carbocycles. The van der Waals surface area contributed by atoms with Crippen LogP contribution in [0.4, 0.5) is 0 Å². The van der Waals surface area contributed by atoms with Gasteiger partial charge in [-0.15, -0.1) is 0 Å². The van der Waals surface area contributed by atoms with E-state index < -0.39 is 0 Å². The maximum atomic E-state index is 5.83. The Balaban J connectivity index is 2.07. The quantitative estimate of drug-likeness (QED) is 0.366. The second-order valence-corrected chi connectivity index (χ2v) is 5.02. The molecule has 1 aliphatic rings. The highest BCUT2D eigenvalue weighted by Gasteiger charge is 2.14. The molecule has 0 aromatic heterocycles. The summed E-state index contributed by atoms with van der Waals surface area (Å²) in [7, 11) is 0. The first kappa shape index (κ1) is 17.2. The van der Waals surface area contributed by atoms with Crippen LogP contribution in [0.15, 0.2) is 4.99 Å². The average molecular weight is 285 g/mol. The standard InChI is InChI=1S/C15H31N3O2/c1-3-16-15(18-11-13-19-4-2)17-10-7-12-20-14-8-5-6-9-14/h14H,3-13H2,1-2H3,(H2,16,17,18).